The van der Waals surface area contributed by atoms with E-state index in [1.165, 1.54) is 11.0 Å². The summed E-state index contributed by atoms with van der Waals surface area (Å²) in [6.07, 6.45) is 0.0655. The summed E-state index contributed by atoms with van der Waals surface area (Å²) in [5.74, 6) is -2.72. The molecule has 0 saturated carbocycles. The number of amides is 1. The molecule has 0 atom stereocenters. The Morgan fingerprint density at radius 1 is 1.23 bits per heavy atom. The molecule has 0 N–H and O–H groups in total. The van der Waals surface area contributed by atoms with Gasteiger partial charge in [-0.3, -0.25) is 9.59 Å². The van der Waals surface area contributed by atoms with Crippen LogP contribution in [0.5, 0.6) is 0 Å². The predicted octanol–water partition coefficient (Wildman–Crippen LogP) is 3.02. The molecule has 0 bridgehead atoms. The Bertz CT molecular complexity index is 532. The number of esters is 1. The number of nitrogens with zero attached hydrogens (tertiary/aromatic N) is 1. The predicted molar refractivity (Wildman–Crippen MR) is 78.3 cm³/mol. The molecule has 1 rings (SSSR count). The quantitative estimate of drug-likeness (QED) is 0.727. The molecule has 0 aromatic heterocycles. The molecule has 1 aromatic carbocycles. The number of halogens is 2. The van der Waals surface area contributed by atoms with Gasteiger partial charge in [-0.25, -0.2) is 8.78 Å². The number of carbonyl (C=O) groups excluding carboxylic acids is 2. The maximum atomic E-state index is 13.3. The van der Waals surface area contributed by atoms with Gasteiger partial charge in [0.2, 0.25) is 0 Å². The highest BCUT2D eigenvalue weighted by Crippen LogP contribution is 2.13. The lowest BCUT2D eigenvalue weighted by molar-refractivity contribution is -0.143. The molecule has 0 aliphatic rings. The Labute approximate surface area is 129 Å². The van der Waals surface area contributed by atoms with E-state index in [0.717, 1.165) is 12.1 Å². The van der Waals surface area contributed by atoms with Crippen molar-refractivity contribution >= 4 is 11.9 Å². The van der Waals surface area contributed by atoms with Gasteiger partial charge < -0.3 is 9.64 Å². The van der Waals surface area contributed by atoms with E-state index < -0.39 is 23.5 Å². The van der Waals surface area contributed by atoms with E-state index in [9.17, 15) is 18.4 Å². The van der Waals surface area contributed by atoms with Crippen LogP contribution in [0.15, 0.2) is 18.2 Å². The highest BCUT2D eigenvalue weighted by Gasteiger charge is 2.19. The second-order valence-corrected chi connectivity index (χ2v) is 5.33. The molecule has 4 nitrogen and oxygen atoms in total. The first-order valence-electron chi connectivity index (χ1n) is 7.25. The molecule has 6 heteroatoms. The van der Waals surface area contributed by atoms with Gasteiger partial charge in [0.1, 0.15) is 0 Å². The Balaban J connectivity index is 2.83. The lowest BCUT2D eigenvalue weighted by atomic mass is 10.1. The fourth-order valence-electron chi connectivity index (χ4n) is 1.99. The third kappa shape index (κ3) is 5.42. The maximum Gasteiger partial charge on any atom is 0.307 e. The standard InChI is InChI=1S/C16H21F2NO3/c1-4-22-15(20)7-8-19(10-11(2)3)16(21)12-5-6-13(17)14(18)9-12/h5-6,9,11H,4,7-8,10H2,1-3H3. The van der Waals surface area contributed by atoms with E-state index in [0.29, 0.717) is 6.54 Å². The molecule has 1 amide bonds. The van der Waals surface area contributed by atoms with Gasteiger partial charge >= 0.3 is 5.97 Å². The van der Waals surface area contributed by atoms with Gasteiger partial charge in [-0.1, -0.05) is 13.8 Å². The van der Waals surface area contributed by atoms with Crippen molar-refractivity contribution in [1.29, 1.82) is 0 Å². The molecule has 0 fully saturated rings. The molecule has 22 heavy (non-hydrogen) atoms. The molecule has 0 aliphatic heterocycles. The van der Waals surface area contributed by atoms with Crippen LogP contribution >= 0.6 is 0 Å². The molecule has 122 valence electrons. The molecular weight excluding hydrogens is 292 g/mol. The second kappa shape index (κ2) is 8.46. The maximum absolute atomic E-state index is 13.3. The zero-order chi connectivity index (χ0) is 16.7. The van der Waals surface area contributed by atoms with Gasteiger partial charge in [-0.05, 0) is 31.0 Å². The summed E-state index contributed by atoms with van der Waals surface area (Å²) in [6, 6.07) is 3.02. The third-order valence-electron chi connectivity index (χ3n) is 2.93. The van der Waals surface area contributed by atoms with Crippen LogP contribution in [0.1, 0.15) is 37.6 Å². The average Bonchev–Trinajstić information content (AvgIpc) is 2.45. The molecule has 0 heterocycles. The zero-order valence-electron chi connectivity index (χ0n) is 13.1. The minimum absolute atomic E-state index is 0.0587. The highest BCUT2D eigenvalue weighted by atomic mass is 19.2. The minimum Gasteiger partial charge on any atom is -0.466 e. The number of ether oxygens (including phenoxy) is 1. The summed E-state index contributed by atoms with van der Waals surface area (Å²) in [5.41, 5.74) is 0.0587. The summed E-state index contributed by atoms with van der Waals surface area (Å²) in [7, 11) is 0. The van der Waals surface area contributed by atoms with E-state index in [1.807, 2.05) is 13.8 Å². The summed E-state index contributed by atoms with van der Waals surface area (Å²) < 4.78 is 31.0. The van der Waals surface area contributed by atoms with E-state index in [-0.39, 0.29) is 31.1 Å². The molecule has 0 aliphatic carbocycles. The van der Waals surface area contributed by atoms with Crippen molar-refractivity contribution in [1.82, 2.24) is 4.90 Å². The number of hydrogen-bond acceptors (Lipinski definition) is 3. The van der Waals surface area contributed by atoms with Gasteiger partial charge in [0, 0.05) is 18.7 Å². The largest absolute Gasteiger partial charge is 0.466 e. The molecular formula is C16H21F2NO3. The Morgan fingerprint density at radius 3 is 2.45 bits per heavy atom. The molecule has 0 spiro atoms. The van der Waals surface area contributed by atoms with Crippen molar-refractivity contribution in [3.05, 3.63) is 35.4 Å². The fourth-order valence-corrected chi connectivity index (χ4v) is 1.99. The van der Waals surface area contributed by atoms with Crippen LogP contribution < -0.4 is 0 Å². The van der Waals surface area contributed by atoms with Crippen molar-refractivity contribution in [2.45, 2.75) is 27.2 Å². The van der Waals surface area contributed by atoms with Crippen LogP contribution in [0.2, 0.25) is 0 Å². The van der Waals surface area contributed by atoms with Gasteiger partial charge in [0.25, 0.3) is 5.91 Å². The lowest BCUT2D eigenvalue weighted by Gasteiger charge is -2.24. The normalized spacial score (nSPS) is 10.6. The third-order valence-corrected chi connectivity index (χ3v) is 2.93. The molecule has 0 saturated heterocycles. The van der Waals surface area contributed by atoms with Crippen LogP contribution in [-0.2, 0) is 9.53 Å². The first-order valence-corrected chi connectivity index (χ1v) is 7.25. The van der Waals surface area contributed by atoms with Crippen LogP contribution in [0.4, 0.5) is 8.78 Å². The zero-order valence-corrected chi connectivity index (χ0v) is 13.1. The molecule has 0 unspecified atom stereocenters. The van der Waals surface area contributed by atoms with Crippen molar-refractivity contribution in [2.75, 3.05) is 19.7 Å². The van der Waals surface area contributed by atoms with Gasteiger partial charge in [0.05, 0.1) is 13.0 Å². The second-order valence-electron chi connectivity index (χ2n) is 5.33. The highest BCUT2D eigenvalue weighted by molar-refractivity contribution is 5.94. The van der Waals surface area contributed by atoms with Crippen LogP contribution in [0.3, 0.4) is 0 Å². The van der Waals surface area contributed by atoms with E-state index in [1.54, 1.807) is 6.92 Å². The molecule has 1 aromatic rings. The SMILES string of the molecule is CCOC(=O)CCN(CC(C)C)C(=O)c1ccc(F)c(F)c1. The monoisotopic (exact) mass is 313 g/mol. The summed E-state index contributed by atoms with van der Waals surface area (Å²) in [5, 5.41) is 0. The van der Waals surface area contributed by atoms with Gasteiger partial charge in [-0.2, -0.15) is 0 Å². The number of carbonyl (C=O) groups is 2. The summed E-state index contributed by atoms with van der Waals surface area (Å²) in [4.78, 5) is 25.3. The van der Waals surface area contributed by atoms with Gasteiger partial charge in [0.15, 0.2) is 11.6 Å². The summed E-state index contributed by atoms with van der Waals surface area (Å²) in [6.45, 7) is 6.42. The van der Waals surface area contributed by atoms with Crippen molar-refractivity contribution in [3.63, 3.8) is 0 Å². The van der Waals surface area contributed by atoms with E-state index in [2.05, 4.69) is 0 Å². The van der Waals surface area contributed by atoms with Crippen molar-refractivity contribution in [3.8, 4) is 0 Å². The van der Waals surface area contributed by atoms with E-state index in [4.69, 9.17) is 4.74 Å². The first kappa shape index (κ1) is 18.1. The Hall–Kier alpha value is -1.98. The van der Waals surface area contributed by atoms with Crippen molar-refractivity contribution < 1.29 is 23.1 Å². The number of hydrogen-bond donors (Lipinski definition) is 0. The van der Waals surface area contributed by atoms with E-state index >= 15 is 0 Å². The number of rotatable bonds is 7. The van der Waals surface area contributed by atoms with Crippen LogP contribution in [0.25, 0.3) is 0 Å². The number of benzene rings is 1. The van der Waals surface area contributed by atoms with Crippen LogP contribution in [0, 0.1) is 17.6 Å². The average molecular weight is 313 g/mol. The lowest BCUT2D eigenvalue weighted by Crippen LogP contribution is -2.36. The topological polar surface area (TPSA) is 46.6 Å². The molecule has 0 radical (unpaired) electrons. The Kier molecular flexibility index (Phi) is 6.95. The first-order chi connectivity index (χ1) is 10.3. The minimum atomic E-state index is -1.07. The van der Waals surface area contributed by atoms with Crippen LogP contribution in [-0.4, -0.2) is 36.5 Å². The fraction of sp³-hybridized carbons (Fsp3) is 0.500. The Morgan fingerprint density at radius 2 is 1.91 bits per heavy atom. The van der Waals surface area contributed by atoms with Gasteiger partial charge in [-0.15, -0.1) is 0 Å². The summed E-state index contributed by atoms with van der Waals surface area (Å²) >= 11 is 0. The van der Waals surface area contributed by atoms with Crippen molar-refractivity contribution in [2.24, 2.45) is 5.92 Å². The smallest absolute Gasteiger partial charge is 0.307 e.